The number of nitrogens with zero attached hydrogens (tertiary/aromatic N) is 1. The molecule has 4 nitrogen and oxygen atoms in total. The maximum atomic E-state index is 13.4. The number of carbonyl (C=O) groups is 2. The summed E-state index contributed by atoms with van der Waals surface area (Å²) in [5.74, 6) is -0.439. The number of carbonyl (C=O) groups excluding carboxylic acids is 2. The van der Waals surface area contributed by atoms with E-state index < -0.39 is 6.04 Å². The fraction of sp³-hybridized carbons (Fsp3) is 0.500. The minimum Gasteiger partial charge on any atom is -0.352 e. The molecule has 1 atom stereocenters. The van der Waals surface area contributed by atoms with E-state index in [1.807, 2.05) is 6.92 Å². The van der Waals surface area contributed by atoms with Gasteiger partial charge in [-0.2, -0.15) is 0 Å². The number of aryl methyl sites for hydroxylation is 2. The average molecular weight is 453 g/mol. The fourth-order valence-electron chi connectivity index (χ4n) is 4.59. The lowest BCUT2D eigenvalue weighted by Crippen LogP contribution is -2.51. The standard InChI is InChI=1S/C28H37FN2O2/c1-3-21-10-12-22(13-11-21)16-19-27(32)31(20-23-14-17-24(29)18-15-23)26(4-2)28(33)30-25-8-6-5-7-9-25/h10-15,17-18,25-26H,3-9,16,19-20H2,1-2H3,(H,30,33). The monoisotopic (exact) mass is 452 g/mol. The van der Waals surface area contributed by atoms with Gasteiger partial charge in [-0.25, -0.2) is 4.39 Å². The molecule has 2 aromatic rings. The maximum Gasteiger partial charge on any atom is 0.243 e. The molecule has 1 saturated carbocycles. The number of hydrogen-bond acceptors (Lipinski definition) is 2. The second-order valence-electron chi connectivity index (χ2n) is 9.09. The summed E-state index contributed by atoms with van der Waals surface area (Å²) < 4.78 is 13.4. The Hall–Kier alpha value is -2.69. The van der Waals surface area contributed by atoms with E-state index in [1.165, 1.54) is 24.1 Å². The molecule has 0 bridgehead atoms. The Balaban J connectivity index is 1.73. The minimum atomic E-state index is -0.535. The zero-order valence-corrected chi connectivity index (χ0v) is 20.0. The molecule has 0 radical (unpaired) electrons. The van der Waals surface area contributed by atoms with Gasteiger partial charge in [-0.05, 0) is 60.9 Å². The van der Waals surface area contributed by atoms with Gasteiger partial charge in [0, 0.05) is 19.0 Å². The lowest BCUT2D eigenvalue weighted by atomic mass is 9.95. The van der Waals surface area contributed by atoms with Crippen LogP contribution in [0, 0.1) is 5.82 Å². The molecule has 0 heterocycles. The molecule has 2 amide bonds. The van der Waals surface area contributed by atoms with Gasteiger partial charge in [-0.1, -0.05) is 69.5 Å². The fourth-order valence-corrected chi connectivity index (χ4v) is 4.59. The van der Waals surface area contributed by atoms with Crippen LogP contribution in [0.1, 0.15) is 75.5 Å². The first-order chi connectivity index (χ1) is 16.0. The molecule has 3 rings (SSSR count). The van der Waals surface area contributed by atoms with E-state index in [1.54, 1.807) is 17.0 Å². The van der Waals surface area contributed by atoms with E-state index >= 15 is 0 Å². The normalized spacial score (nSPS) is 15.1. The average Bonchev–Trinajstić information content (AvgIpc) is 2.84. The summed E-state index contributed by atoms with van der Waals surface area (Å²) in [6.07, 6.45) is 7.98. The van der Waals surface area contributed by atoms with Gasteiger partial charge in [0.15, 0.2) is 0 Å². The van der Waals surface area contributed by atoms with Crippen LogP contribution in [-0.2, 0) is 29.0 Å². The van der Waals surface area contributed by atoms with Crippen LogP contribution in [-0.4, -0.2) is 28.8 Å². The van der Waals surface area contributed by atoms with Gasteiger partial charge in [0.2, 0.25) is 11.8 Å². The second-order valence-corrected chi connectivity index (χ2v) is 9.09. The molecule has 1 fully saturated rings. The molecule has 178 valence electrons. The maximum absolute atomic E-state index is 13.4. The summed E-state index contributed by atoms with van der Waals surface area (Å²) >= 11 is 0. The molecular formula is C28H37FN2O2. The topological polar surface area (TPSA) is 49.4 Å². The van der Waals surface area contributed by atoms with E-state index in [-0.39, 0.29) is 23.7 Å². The molecule has 33 heavy (non-hydrogen) atoms. The summed E-state index contributed by atoms with van der Waals surface area (Å²) in [7, 11) is 0. The van der Waals surface area contributed by atoms with Crippen molar-refractivity contribution in [2.45, 2.75) is 90.3 Å². The number of nitrogens with one attached hydrogen (secondary N) is 1. The molecule has 2 aromatic carbocycles. The van der Waals surface area contributed by atoms with Crippen LogP contribution in [0.5, 0.6) is 0 Å². The molecule has 1 unspecified atom stereocenters. The summed E-state index contributed by atoms with van der Waals surface area (Å²) in [5.41, 5.74) is 3.20. The number of halogens is 1. The van der Waals surface area contributed by atoms with Gasteiger partial charge < -0.3 is 10.2 Å². The molecule has 0 spiro atoms. The number of rotatable bonds is 10. The highest BCUT2D eigenvalue weighted by Crippen LogP contribution is 2.20. The van der Waals surface area contributed by atoms with Gasteiger partial charge in [0.25, 0.3) is 0 Å². The quantitative estimate of drug-likeness (QED) is 0.512. The Kier molecular flexibility index (Phi) is 9.47. The van der Waals surface area contributed by atoms with Crippen LogP contribution in [0.25, 0.3) is 0 Å². The van der Waals surface area contributed by atoms with Crippen LogP contribution in [0.3, 0.4) is 0 Å². The smallest absolute Gasteiger partial charge is 0.243 e. The summed E-state index contributed by atoms with van der Waals surface area (Å²) in [4.78, 5) is 28.3. The third-order valence-electron chi connectivity index (χ3n) is 6.66. The zero-order valence-electron chi connectivity index (χ0n) is 20.0. The third kappa shape index (κ3) is 7.41. The Morgan fingerprint density at radius 3 is 2.15 bits per heavy atom. The second kappa shape index (κ2) is 12.5. The van der Waals surface area contributed by atoms with Gasteiger partial charge >= 0.3 is 0 Å². The van der Waals surface area contributed by atoms with Crippen molar-refractivity contribution >= 4 is 11.8 Å². The van der Waals surface area contributed by atoms with Crippen molar-refractivity contribution in [1.82, 2.24) is 10.2 Å². The summed E-state index contributed by atoms with van der Waals surface area (Å²) in [6.45, 7) is 4.36. The highest BCUT2D eigenvalue weighted by Gasteiger charge is 2.30. The van der Waals surface area contributed by atoms with Crippen molar-refractivity contribution in [3.8, 4) is 0 Å². The van der Waals surface area contributed by atoms with Crippen molar-refractivity contribution in [3.63, 3.8) is 0 Å². The molecule has 0 aliphatic heterocycles. The predicted molar refractivity (Wildman–Crippen MR) is 130 cm³/mol. The summed E-state index contributed by atoms with van der Waals surface area (Å²) in [6, 6.07) is 14.2. The van der Waals surface area contributed by atoms with E-state index in [2.05, 4.69) is 36.5 Å². The van der Waals surface area contributed by atoms with E-state index in [4.69, 9.17) is 0 Å². The third-order valence-corrected chi connectivity index (χ3v) is 6.66. The lowest BCUT2D eigenvalue weighted by Gasteiger charge is -2.33. The molecule has 1 N–H and O–H groups in total. The number of amides is 2. The molecule has 0 saturated heterocycles. The van der Waals surface area contributed by atoms with E-state index in [9.17, 15) is 14.0 Å². The molecule has 5 heteroatoms. The number of benzene rings is 2. The highest BCUT2D eigenvalue weighted by atomic mass is 19.1. The van der Waals surface area contributed by atoms with E-state index in [0.717, 1.165) is 43.2 Å². The largest absolute Gasteiger partial charge is 0.352 e. The first-order valence-corrected chi connectivity index (χ1v) is 12.4. The van der Waals surface area contributed by atoms with Crippen LogP contribution in [0.2, 0.25) is 0 Å². The summed E-state index contributed by atoms with van der Waals surface area (Å²) in [5, 5.41) is 3.19. The van der Waals surface area contributed by atoms with Gasteiger partial charge in [-0.3, -0.25) is 9.59 Å². The zero-order chi connectivity index (χ0) is 23.6. The Morgan fingerprint density at radius 1 is 0.939 bits per heavy atom. The molecule has 0 aromatic heterocycles. The molecule has 1 aliphatic rings. The van der Waals surface area contributed by atoms with E-state index in [0.29, 0.717) is 25.8 Å². The van der Waals surface area contributed by atoms with Crippen LogP contribution >= 0.6 is 0 Å². The van der Waals surface area contributed by atoms with Crippen molar-refractivity contribution in [2.75, 3.05) is 0 Å². The molecular weight excluding hydrogens is 415 g/mol. The lowest BCUT2D eigenvalue weighted by molar-refractivity contribution is -0.141. The Morgan fingerprint density at radius 2 is 1.55 bits per heavy atom. The van der Waals surface area contributed by atoms with Crippen molar-refractivity contribution < 1.29 is 14.0 Å². The van der Waals surface area contributed by atoms with Crippen molar-refractivity contribution in [2.24, 2.45) is 0 Å². The van der Waals surface area contributed by atoms with Gasteiger partial charge in [0.05, 0.1) is 0 Å². The highest BCUT2D eigenvalue weighted by molar-refractivity contribution is 5.88. The SMILES string of the molecule is CCc1ccc(CCC(=O)N(Cc2ccc(F)cc2)C(CC)C(=O)NC2CCCCC2)cc1. The van der Waals surface area contributed by atoms with Crippen molar-refractivity contribution in [1.29, 1.82) is 0 Å². The Bertz CT molecular complexity index is 889. The van der Waals surface area contributed by atoms with Gasteiger partial charge in [-0.15, -0.1) is 0 Å². The molecule has 1 aliphatic carbocycles. The predicted octanol–water partition coefficient (Wildman–Crippen LogP) is 5.58. The first kappa shape index (κ1) is 24.9. The van der Waals surface area contributed by atoms with Crippen LogP contribution in [0.15, 0.2) is 48.5 Å². The minimum absolute atomic E-state index is 0.0514. The number of hydrogen-bond donors (Lipinski definition) is 1. The van der Waals surface area contributed by atoms with Crippen LogP contribution in [0.4, 0.5) is 4.39 Å². The Labute approximate surface area is 197 Å². The van der Waals surface area contributed by atoms with Crippen LogP contribution < -0.4 is 5.32 Å². The van der Waals surface area contributed by atoms with Gasteiger partial charge in [0.1, 0.15) is 11.9 Å². The first-order valence-electron chi connectivity index (χ1n) is 12.4. The van der Waals surface area contributed by atoms with Crippen molar-refractivity contribution in [3.05, 3.63) is 71.0 Å².